The molecule has 0 atom stereocenters. The largest absolute Gasteiger partial charge is 0.368 e. The molecule has 1 fully saturated rings. The van der Waals surface area contributed by atoms with Gasteiger partial charge in [-0.25, -0.2) is 0 Å². The van der Waals surface area contributed by atoms with Crippen LogP contribution in [0.5, 0.6) is 0 Å². The molecule has 0 amide bonds. The number of nitrogen functional groups attached to an aromatic ring is 1. The summed E-state index contributed by atoms with van der Waals surface area (Å²) in [5.41, 5.74) is 9.08. The van der Waals surface area contributed by atoms with Crippen LogP contribution in [0.15, 0.2) is 18.2 Å². The van der Waals surface area contributed by atoms with Crippen LogP contribution in [0.3, 0.4) is 0 Å². The maximum Gasteiger partial charge on any atom is 0.223 e. The highest BCUT2D eigenvalue weighted by Crippen LogP contribution is 2.33. The molecule has 3 N–H and O–H groups in total. The Morgan fingerprint density at radius 3 is 2.76 bits per heavy atom. The van der Waals surface area contributed by atoms with E-state index in [0.717, 1.165) is 35.5 Å². The minimum Gasteiger partial charge on any atom is -0.368 e. The van der Waals surface area contributed by atoms with E-state index in [9.17, 15) is 0 Å². The first-order valence-electron chi connectivity index (χ1n) is 7.53. The smallest absolute Gasteiger partial charge is 0.223 e. The van der Waals surface area contributed by atoms with Crippen molar-refractivity contribution in [3.8, 4) is 0 Å². The van der Waals surface area contributed by atoms with E-state index in [1.807, 2.05) is 0 Å². The van der Waals surface area contributed by atoms with Crippen molar-refractivity contribution in [2.75, 3.05) is 23.7 Å². The van der Waals surface area contributed by atoms with Gasteiger partial charge in [-0.3, -0.25) is 0 Å². The molecule has 1 aliphatic heterocycles. The van der Waals surface area contributed by atoms with Gasteiger partial charge >= 0.3 is 0 Å². The molecule has 3 heterocycles. The van der Waals surface area contributed by atoms with Gasteiger partial charge in [0, 0.05) is 24.0 Å². The first kappa shape index (κ1) is 12.4. The number of hydrogen-bond donors (Lipinski definition) is 2. The Hall–Kier alpha value is -2.30. The fraction of sp³-hybridized carbons (Fsp3) is 0.375. The van der Waals surface area contributed by atoms with Crippen LogP contribution in [0.25, 0.3) is 21.9 Å². The van der Waals surface area contributed by atoms with Crippen LogP contribution in [0, 0.1) is 6.92 Å². The van der Waals surface area contributed by atoms with Gasteiger partial charge in [0.25, 0.3) is 0 Å². The van der Waals surface area contributed by atoms with E-state index in [-0.39, 0.29) is 0 Å². The number of fused-ring (bicyclic) bond motifs is 3. The molecule has 5 nitrogen and oxygen atoms in total. The number of benzene rings is 1. The second-order valence-corrected chi connectivity index (χ2v) is 5.85. The summed E-state index contributed by atoms with van der Waals surface area (Å²) in [6.45, 7) is 4.20. The van der Waals surface area contributed by atoms with Crippen LogP contribution in [-0.4, -0.2) is 28.0 Å². The van der Waals surface area contributed by atoms with E-state index in [1.54, 1.807) is 0 Å². The lowest BCUT2D eigenvalue weighted by Crippen LogP contribution is -2.30. The molecule has 4 rings (SSSR count). The number of nitrogens with two attached hydrogens (primary N) is 1. The zero-order chi connectivity index (χ0) is 14.4. The van der Waals surface area contributed by atoms with Gasteiger partial charge in [0.2, 0.25) is 5.95 Å². The Labute approximate surface area is 123 Å². The zero-order valence-electron chi connectivity index (χ0n) is 12.2. The highest BCUT2D eigenvalue weighted by Gasteiger charge is 2.19. The minimum atomic E-state index is 0.339. The molecule has 2 aromatic heterocycles. The molecule has 108 valence electrons. The molecule has 1 aliphatic rings. The van der Waals surface area contributed by atoms with Crippen molar-refractivity contribution >= 4 is 33.7 Å². The number of aryl methyl sites for hydroxylation is 1. The Bertz CT molecular complexity index is 814. The molecular formula is C16H19N5. The molecule has 0 saturated carbocycles. The van der Waals surface area contributed by atoms with Crippen LogP contribution < -0.4 is 10.6 Å². The molecular weight excluding hydrogens is 262 g/mol. The van der Waals surface area contributed by atoms with Gasteiger partial charge in [0.05, 0.1) is 5.39 Å². The van der Waals surface area contributed by atoms with E-state index in [1.165, 1.54) is 30.2 Å². The van der Waals surface area contributed by atoms with Gasteiger partial charge in [-0.05, 0) is 38.3 Å². The lowest BCUT2D eigenvalue weighted by molar-refractivity contribution is 0.575. The third-order valence-corrected chi connectivity index (χ3v) is 4.26. The predicted molar refractivity (Wildman–Crippen MR) is 86.6 cm³/mol. The van der Waals surface area contributed by atoms with Crippen LogP contribution in [0.2, 0.25) is 0 Å². The number of rotatable bonds is 1. The minimum absolute atomic E-state index is 0.339. The monoisotopic (exact) mass is 281 g/mol. The van der Waals surface area contributed by atoms with Gasteiger partial charge in [-0.2, -0.15) is 9.97 Å². The Morgan fingerprint density at radius 2 is 1.95 bits per heavy atom. The summed E-state index contributed by atoms with van der Waals surface area (Å²) < 4.78 is 0. The Balaban J connectivity index is 2.03. The van der Waals surface area contributed by atoms with Crippen LogP contribution in [-0.2, 0) is 0 Å². The first-order valence-corrected chi connectivity index (χ1v) is 7.53. The summed E-state index contributed by atoms with van der Waals surface area (Å²) >= 11 is 0. The summed E-state index contributed by atoms with van der Waals surface area (Å²) in [4.78, 5) is 14.6. The van der Waals surface area contributed by atoms with Crippen LogP contribution in [0.1, 0.15) is 24.8 Å². The summed E-state index contributed by atoms with van der Waals surface area (Å²) in [6, 6.07) is 6.40. The lowest BCUT2D eigenvalue weighted by Gasteiger charge is -2.28. The zero-order valence-corrected chi connectivity index (χ0v) is 12.2. The summed E-state index contributed by atoms with van der Waals surface area (Å²) in [5, 5.41) is 2.29. The van der Waals surface area contributed by atoms with Crippen molar-refractivity contribution in [1.82, 2.24) is 15.0 Å². The molecule has 21 heavy (non-hydrogen) atoms. The highest BCUT2D eigenvalue weighted by molar-refractivity contribution is 6.11. The average Bonchev–Trinajstić information content (AvgIpc) is 2.84. The second kappa shape index (κ2) is 4.62. The van der Waals surface area contributed by atoms with Gasteiger partial charge in [0.15, 0.2) is 0 Å². The molecule has 0 unspecified atom stereocenters. The quantitative estimate of drug-likeness (QED) is 0.719. The fourth-order valence-corrected chi connectivity index (χ4v) is 3.24. The van der Waals surface area contributed by atoms with Crippen LogP contribution >= 0.6 is 0 Å². The summed E-state index contributed by atoms with van der Waals surface area (Å²) in [5.74, 6) is 1.32. The SMILES string of the molecule is Cc1ccc2[nH]c3nc(N)nc(N4CCCCC4)c3c2c1. The van der Waals surface area contributed by atoms with E-state index in [0.29, 0.717) is 5.95 Å². The van der Waals surface area contributed by atoms with Crippen molar-refractivity contribution in [3.63, 3.8) is 0 Å². The van der Waals surface area contributed by atoms with Crippen LogP contribution in [0.4, 0.5) is 11.8 Å². The highest BCUT2D eigenvalue weighted by atomic mass is 15.2. The number of aromatic nitrogens is 3. The molecule has 0 aliphatic carbocycles. The topological polar surface area (TPSA) is 70.8 Å². The first-order chi connectivity index (χ1) is 10.2. The molecule has 3 aromatic rings. The Morgan fingerprint density at radius 1 is 1.14 bits per heavy atom. The number of piperidine rings is 1. The lowest BCUT2D eigenvalue weighted by atomic mass is 10.1. The van der Waals surface area contributed by atoms with Gasteiger partial charge in [-0.1, -0.05) is 11.6 Å². The molecule has 5 heteroatoms. The molecule has 0 spiro atoms. The number of anilines is 2. The van der Waals surface area contributed by atoms with E-state index in [4.69, 9.17) is 5.73 Å². The maximum atomic E-state index is 5.91. The van der Waals surface area contributed by atoms with Gasteiger partial charge in [0.1, 0.15) is 11.5 Å². The van der Waals surface area contributed by atoms with Gasteiger partial charge in [-0.15, -0.1) is 0 Å². The fourth-order valence-electron chi connectivity index (χ4n) is 3.24. The van der Waals surface area contributed by atoms with Crippen molar-refractivity contribution in [2.24, 2.45) is 0 Å². The molecule has 1 aromatic carbocycles. The van der Waals surface area contributed by atoms with Crippen molar-refractivity contribution in [3.05, 3.63) is 23.8 Å². The number of nitrogens with zero attached hydrogens (tertiary/aromatic N) is 3. The van der Waals surface area contributed by atoms with Crippen molar-refractivity contribution in [2.45, 2.75) is 26.2 Å². The van der Waals surface area contributed by atoms with Crippen molar-refractivity contribution < 1.29 is 0 Å². The normalized spacial score (nSPS) is 16.0. The average molecular weight is 281 g/mol. The van der Waals surface area contributed by atoms with E-state index in [2.05, 4.69) is 45.0 Å². The summed E-state index contributed by atoms with van der Waals surface area (Å²) in [7, 11) is 0. The summed E-state index contributed by atoms with van der Waals surface area (Å²) in [6.07, 6.45) is 3.73. The molecule has 1 saturated heterocycles. The van der Waals surface area contributed by atoms with Crippen molar-refractivity contribution in [1.29, 1.82) is 0 Å². The second-order valence-electron chi connectivity index (χ2n) is 5.85. The third kappa shape index (κ3) is 2.00. The molecule has 0 bridgehead atoms. The number of nitrogens with one attached hydrogen (secondary N) is 1. The maximum absolute atomic E-state index is 5.91. The standard InChI is InChI=1S/C16H19N5/c1-10-5-6-12-11(9-10)13-14(18-12)19-16(17)20-15(13)21-7-3-2-4-8-21/h5-6,9H,2-4,7-8H2,1H3,(H3,17,18,19,20). The third-order valence-electron chi connectivity index (χ3n) is 4.26. The van der Waals surface area contributed by atoms with E-state index >= 15 is 0 Å². The number of aromatic amines is 1. The predicted octanol–water partition coefficient (Wildman–Crippen LogP) is 2.99. The molecule has 0 radical (unpaired) electrons. The van der Waals surface area contributed by atoms with Gasteiger partial charge < -0.3 is 15.6 Å². The number of H-pyrrole nitrogens is 1. The van der Waals surface area contributed by atoms with E-state index < -0.39 is 0 Å². The Kier molecular flexibility index (Phi) is 2.74. The number of hydrogen-bond acceptors (Lipinski definition) is 4.